The third-order valence-corrected chi connectivity index (χ3v) is 4.02. The predicted octanol–water partition coefficient (Wildman–Crippen LogP) is 5.39. The van der Waals surface area contributed by atoms with E-state index >= 15 is 0 Å². The molecule has 1 heterocycles. The number of benzene rings is 1. The van der Waals surface area contributed by atoms with Crippen molar-refractivity contribution in [2.45, 2.75) is 45.0 Å². The zero-order chi connectivity index (χ0) is 19.9. The van der Waals surface area contributed by atoms with Gasteiger partial charge in [-0.1, -0.05) is 41.9 Å². The zero-order valence-electron chi connectivity index (χ0n) is 14.7. The molecule has 0 aliphatic carbocycles. The molecule has 0 saturated heterocycles. The van der Waals surface area contributed by atoms with Gasteiger partial charge in [0.15, 0.2) is 0 Å². The first-order chi connectivity index (χ1) is 12.7. The number of amides is 1. The monoisotopic (exact) mass is 400 g/mol. The van der Waals surface area contributed by atoms with Crippen molar-refractivity contribution in [1.29, 1.82) is 0 Å². The fourth-order valence-corrected chi connectivity index (χ4v) is 2.70. The van der Waals surface area contributed by atoms with Crippen LogP contribution in [0.5, 0.6) is 0 Å². The number of alkyl halides is 3. The van der Waals surface area contributed by atoms with Gasteiger partial charge in [-0.2, -0.15) is 13.2 Å². The van der Waals surface area contributed by atoms with Gasteiger partial charge in [-0.3, -0.25) is 0 Å². The Balaban J connectivity index is 1.75. The van der Waals surface area contributed by atoms with Crippen LogP contribution in [0.1, 0.15) is 36.6 Å². The minimum atomic E-state index is -4.46. The standard InChI is InChI=1S/C19H20ClF3N2O2/c1-13(24-18(26)27-12-14-7-3-2-4-8-14)6-5-9-16-10-15(19(21,22)23)11-17(20)25-16/h2-4,7-8,10-11,13H,5-6,9,12H2,1H3,(H,24,26)/t13-/m0/s1. The van der Waals surface area contributed by atoms with E-state index in [-0.39, 0.29) is 23.5 Å². The van der Waals surface area contributed by atoms with E-state index in [9.17, 15) is 18.0 Å². The van der Waals surface area contributed by atoms with Crippen LogP contribution in [0.3, 0.4) is 0 Å². The summed E-state index contributed by atoms with van der Waals surface area (Å²) in [4.78, 5) is 15.7. The van der Waals surface area contributed by atoms with Gasteiger partial charge >= 0.3 is 12.3 Å². The number of aromatic nitrogens is 1. The van der Waals surface area contributed by atoms with E-state index in [1.807, 2.05) is 30.3 Å². The Bertz CT molecular complexity index is 754. The van der Waals surface area contributed by atoms with Gasteiger partial charge < -0.3 is 10.1 Å². The second-order valence-corrected chi connectivity index (χ2v) is 6.55. The number of alkyl carbamates (subject to hydrolysis) is 1. The first-order valence-corrected chi connectivity index (χ1v) is 8.82. The Morgan fingerprint density at radius 3 is 2.63 bits per heavy atom. The fourth-order valence-electron chi connectivity index (χ4n) is 2.47. The molecule has 4 nitrogen and oxygen atoms in total. The van der Waals surface area contributed by atoms with Gasteiger partial charge in [-0.25, -0.2) is 9.78 Å². The third-order valence-electron chi connectivity index (χ3n) is 3.82. The first kappa shape index (κ1) is 21.0. The number of rotatable bonds is 7. The Kier molecular flexibility index (Phi) is 7.47. The minimum Gasteiger partial charge on any atom is -0.445 e. The fraction of sp³-hybridized carbons (Fsp3) is 0.368. The summed E-state index contributed by atoms with van der Waals surface area (Å²) < 4.78 is 43.5. The summed E-state index contributed by atoms with van der Waals surface area (Å²) in [6.07, 6.45) is -3.56. The summed E-state index contributed by atoms with van der Waals surface area (Å²) in [5.74, 6) is 0. The maximum absolute atomic E-state index is 12.8. The van der Waals surface area contributed by atoms with Crippen LogP contribution in [0.4, 0.5) is 18.0 Å². The molecule has 1 amide bonds. The summed E-state index contributed by atoms with van der Waals surface area (Å²) in [6, 6.07) is 10.9. The molecular formula is C19H20ClF3N2O2. The van der Waals surface area contributed by atoms with E-state index in [1.165, 1.54) is 0 Å². The van der Waals surface area contributed by atoms with Crippen molar-refractivity contribution in [3.63, 3.8) is 0 Å². The molecule has 0 fully saturated rings. The smallest absolute Gasteiger partial charge is 0.416 e. The Hall–Kier alpha value is -2.28. The highest BCUT2D eigenvalue weighted by atomic mass is 35.5. The van der Waals surface area contributed by atoms with Crippen molar-refractivity contribution in [2.75, 3.05) is 0 Å². The molecule has 0 unspecified atom stereocenters. The van der Waals surface area contributed by atoms with Crippen molar-refractivity contribution in [3.8, 4) is 0 Å². The first-order valence-electron chi connectivity index (χ1n) is 8.45. The summed E-state index contributed by atoms with van der Waals surface area (Å²) in [5, 5.41) is 2.51. The average molecular weight is 401 g/mol. The number of nitrogens with one attached hydrogen (secondary N) is 1. The lowest BCUT2D eigenvalue weighted by Crippen LogP contribution is -2.33. The van der Waals surface area contributed by atoms with Gasteiger partial charge in [-0.15, -0.1) is 0 Å². The molecule has 0 aliphatic rings. The van der Waals surface area contributed by atoms with Gasteiger partial charge in [0.2, 0.25) is 0 Å². The normalized spacial score (nSPS) is 12.5. The van der Waals surface area contributed by atoms with Gasteiger partial charge in [-0.05, 0) is 43.9 Å². The molecule has 0 saturated carbocycles. The molecule has 1 aromatic heterocycles. The summed E-state index contributed by atoms with van der Waals surface area (Å²) in [6.45, 7) is 1.97. The van der Waals surface area contributed by atoms with Gasteiger partial charge in [0.05, 0.1) is 5.56 Å². The topological polar surface area (TPSA) is 51.2 Å². The number of ether oxygens (including phenoxy) is 1. The van der Waals surface area contributed by atoms with Crippen LogP contribution in [0, 0.1) is 0 Å². The van der Waals surface area contributed by atoms with Crippen LogP contribution in [0.25, 0.3) is 0 Å². The molecule has 2 aromatic rings. The molecule has 0 aliphatic heterocycles. The molecule has 0 spiro atoms. The lowest BCUT2D eigenvalue weighted by atomic mass is 10.1. The maximum Gasteiger partial charge on any atom is 0.416 e. The van der Waals surface area contributed by atoms with Crippen molar-refractivity contribution in [1.82, 2.24) is 10.3 Å². The predicted molar refractivity (Wildman–Crippen MR) is 96.4 cm³/mol. The van der Waals surface area contributed by atoms with Crippen LogP contribution >= 0.6 is 11.6 Å². The quantitative estimate of drug-likeness (QED) is 0.634. The number of aryl methyl sites for hydroxylation is 1. The molecule has 8 heteroatoms. The molecular weight excluding hydrogens is 381 g/mol. The molecule has 27 heavy (non-hydrogen) atoms. The number of hydrogen-bond acceptors (Lipinski definition) is 3. The van der Waals surface area contributed by atoms with Crippen molar-refractivity contribution in [2.24, 2.45) is 0 Å². The Morgan fingerprint density at radius 2 is 1.96 bits per heavy atom. The Labute approximate surface area is 160 Å². The van der Waals surface area contributed by atoms with Crippen molar-refractivity contribution >= 4 is 17.7 Å². The van der Waals surface area contributed by atoms with Crippen LogP contribution < -0.4 is 5.32 Å². The highest BCUT2D eigenvalue weighted by molar-refractivity contribution is 6.29. The number of halogens is 4. The number of nitrogens with zero attached hydrogens (tertiary/aromatic N) is 1. The van der Waals surface area contributed by atoms with Gasteiger partial charge in [0.1, 0.15) is 11.8 Å². The van der Waals surface area contributed by atoms with Crippen LogP contribution in [0.2, 0.25) is 5.15 Å². The lowest BCUT2D eigenvalue weighted by molar-refractivity contribution is -0.137. The molecule has 0 radical (unpaired) electrons. The molecule has 1 aromatic carbocycles. The summed E-state index contributed by atoms with van der Waals surface area (Å²) in [5.41, 5.74) is 0.342. The SMILES string of the molecule is C[C@@H](CCCc1cc(C(F)(F)F)cc(Cl)n1)NC(=O)OCc1ccccc1. The average Bonchev–Trinajstić information content (AvgIpc) is 2.59. The molecule has 2 rings (SSSR count). The van der Waals surface area contributed by atoms with E-state index in [2.05, 4.69) is 10.3 Å². The zero-order valence-corrected chi connectivity index (χ0v) is 15.5. The third kappa shape index (κ3) is 7.46. The molecule has 1 atom stereocenters. The largest absolute Gasteiger partial charge is 0.445 e. The van der Waals surface area contributed by atoms with E-state index in [4.69, 9.17) is 16.3 Å². The number of hydrogen-bond donors (Lipinski definition) is 1. The van der Waals surface area contributed by atoms with Crippen LogP contribution in [0.15, 0.2) is 42.5 Å². The highest BCUT2D eigenvalue weighted by Gasteiger charge is 2.31. The van der Waals surface area contributed by atoms with Crippen molar-refractivity contribution < 1.29 is 22.7 Å². The molecule has 1 N–H and O–H groups in total. The van der Waals surface area contributed by atoms with E-state index < -0.39 is 17.8 Å². The van der Waals surface area contributed by atoms with E-state index in [0.717, 1.165) is 17.7 Å². The number of carbonyl (C=O) groups excluding carboxylic acids is 1. The number of carbonyl (C=O) groups is 1. The Morgan fingerprint density at radius 1 is 1.26 bits per heavy atom. The highest BCUT2D eigenvalue weighted by Crippen LogP contribution is 2.31. The van der Waals surface area contributed by atoms with Crippen molar-refractivity contribution in [3.05, 3.63) is 64.4 Å². The number of pyridine rings is 1. The van der Waals surface area contributed by atoms with Gasteiger partial charge in [0, 0.05) is 11.7 Å². The molecule has 0 bridgehead atoms. The van der Waals surface area contributed by atoms with Crippen LogP contribution in [-0.2, 0) is 23.9 Å². The summed E-state index contributed by atoms with van der Waals surface area (Å²) in [7, 11) is 0. The molecule has 146 valence electrons. The minimum absolute atomic E-state index is 0.173. The van der Waals surface area contributed by atoms with Gasteiger partial charge in [0.25, 0.3) is 0 Å². The van der Waals surface area contributed by atoms with E-state index in [1.54, 1.807) is 6.92 Å². The summed E-state index contributed by atoms with van der Waals surface area (Å²) >= 11 is 5.67. The lowest BCUT2D eigenvalue weighted by Gasteiger charge is -2.14. The second-order valence-electron chi connectivity index (χ2n) is 6.17. The van der Waals surface area contributed by atoms with Crippen LogP contribution in [-0.4, -0.2) is 17.1 Å². The second kappa shape index (κ2) is 9.60. The van der Waals surface area contributed by atoms with E-state index in [0.29, 0.717) is 19.3 Å². The maximum atomic E-state index is 12.8.